The van der Waals surface area contributed by atoms with E-state index in [1.807, 2.05) is 49.4 Å². The van der Waals surface area contributed by atoms with Crippen molar-refractivity contribution in [2.45, 2.75) is 69.1 Å². The number of aliphatic hydroxyl groups excluding tert-OH is 1. The van der Waals surface area contributed by atoms with Crippen molar-refractivity contribution < 1.29 is 29.0 Å². The van der Waals surface area contributed by atoms with Crippen LogP contribution in [0.25, 0.3) is 10.8 Å². The van der Waals surface area contributed by atoms with Crippen molar-refractivity contribution in [3.8, 4) is 0 Å². The van der Waals surface area contributed by atoms with Gasteiger partial charge < -0.3 is 24.4 Å². The fourth-order valence-electron chi connectivity index (χ4n) is 7.42. The number of hydrogen-bond donors (Lipinski definition) is 1. The van der Waals surface area contributed by atoms with Crippen molar-refractivity contribution in [2.75, 3.05) is 31.2 Å². The lowest BCUT2D eigenvalue weighted by Crippen LogP contribution is -2.56. The molecule has 8 heteroatoms. The fourth-order valence-corrected chi connectivity index (χ4v) is 7.42. The van der Waals surface area contributed by atoms with Crippen LogP contribution >= 0.6 is 0 Å². The first kappa shape index (κ1) is 30.0. The Labute approximate surface area is 248 Å². The number of aliphatic hydroxyl groups is 1. The Morgan fingerprint density at radius 2 is 1.90 bits per heavy atom. The van der Waals surface area contributed by atoms with Crippen LogP contribution in [-0.4, -0.2) is 71.3 Å². The number of nitrogens with zero attached hydrogens (tertiary/aromatic N) is 2. The summed E-state index contributed by atoms with van der Waals surface area (Å²) in [7, 11) is 0. The van der Waals surface area contributed by atoms with Gasteiger partial charge in [0.1, 0.15) is 17.6 Å². The Balaban J connectivity index is 1.54. The lowest BCUT2D eigenvalue weighted by Gasteiger charge is -2.37. The Morgan fingerprint density at radius 3 is 2.62 bits per heavy atom. The summed E-state index contributed by atoms with van der Waals surface area (Å²) in [4.78, 5) is 45.9. The second-order valence-corrected chi connectivity index (χ2v) is 11.7. The van der Waals surface area contributed by atoms with Crippen LogP contribution in [0.1, 0.15) is 51.9 Å². The van der Waals surface area contributed by atoms with Crippen LogP contribution in [0.4, 0.5) is 5.69 Å². The zero-order valence-electron chi connectivity index (χ0n) is 24.5. The smallest absolute Gasteiger partial charge is 0.312 e. The van der Waals surface area contributed by atoms with Crippen molar-refractivity contribution >= 4 is 34.2 Å². The molecule has 224 valence electrons. The Kier molecular flexibility index (Phi) is 8.85. The molecule has 0 aromatic heterocycles. The van der Waals surface area contributed by atoms with E-state index >= 15 is 0 Å². The molecule has 3 heterocycles. The normalized spacial score (nSPS) is 27.7. The summed E-state index contributed by atoms with van der Waals surface area (Å²) in [5.41, 5.74) is -1.28. The van der Waals surface area contributed by atoms with Crippen LogP contribution in [0, 0.1) is 11.8 Å². The average Bonchev–Trinajstić information content (AvgIpc) is 3.61. The Hall–Kier alpha value is -3.49. The van der Waals surface area contributed by atoms with Gasteiger partial charge in [0.15, 0.2) is 0 Å². The van der Waals surface area contributed by atoms with Gasteiger partial charge in [0, 0.05) is 25.4 Å². The van der Waals surface area contributed by atoms with E-state index in [2.05, 4.69) is 13.2 Å². The van der Waals surface area contributed by atoms with Gasteiger partial charge in [-0.2, -0.15) is 0 Å². The summed E-state index contributed by atoms with van der Waals surface area (Å²) in [5, 5.41) is 11.5. The molecule has 3 fully saturated rings. The number of carbonyl (C=O) groups excluding carboxylic acids is 3. The number of ether oxygens (including phenoxy) is 2. The monoisotopic (exact) mass is 574 g/mol. The van der Waals surface area contributed by atoms with Gasteiger partial charge in [-0.05, 0) is 67.9 Å². The number of amides is 2. The third kappa shape index (κ3) is 4.94. The van der Waals surface area contributed by atoms with Crippen molar-refractivity contribution in [1.29, 1.82) is 0 Å². The minimum Gasteiger partial charge on any atom is -0.465 e. The number of esters is 1. The predicted octanol–water partition coefficient (Wildman–Crippen LogP) is 4.80. The molecule has 1 N–H and O–H groups in total. The first-order valence-corrected chi connectivity index (χ1v) is 15.2. The molecule has 0 saturated carbocycles. The second-order valence-electron chi connectivity index (χ2n) is 11.7. The number of hydrogen-bond acceptors (Lipinski definition) is 6. The quantitative estimate of drug-likeness (QED) is 0.198. The van der Waals surface area contributed by atoms with E-state index in [4.69, 9.17) is 9.47 Å². The first-order valence-electron chi connectivity index (χ1n) is 15.2. The zero-order chi connectivity index (χ0) is 29.9. The molecule has 2 amide bonds. The van der Waals surface area contributed by atoms with Crippen molar-refractivity contribution in [3.63, 3.8) is 0 Å². The molecule has 5 atom stereocenters. The van der Waals surface area contributed by atoms with Crippen LogP contribution in [0.2, 0.25) is 0 Å². The summed E-state index contributed by atoms with van der Waals surface area (Å²) >= 11 is 0. The number of allylic oxidation sites excluding steroid dienone is 1. The SMILES string of the molecule is C=CCCCOC(=O)[C@H]1[C@H]2C(=O)N(CCCCO)C(C(=O)N(CC=C)c3ccc4ccccc4c3)C23CC[C@]1(CC)O3. The topological polar surface area (TPSA) is 96.4 Å². The highest BCUT2D eigenvalue weighted by Crippen LogP contribution is 2.64. The third-order valence-electron chi connectivity index (χ3n) is 9.40. The van der Waals surface area contributed by atoms with E-state index in [1.165, 1.54) is 0 Å². The van der Waals surface area contributed by atoms with Crippen LogP contribution in [0.5, 0.6) is 0 Å². The summed E-state index contributed by atoms with van der Waals surface area (Å²) in [6.07, 6.45) is 7.49. The van der Waals surface area contributed by atoms with E-state index < -0.39 is 35.0 Å². The number of likely N-dealkylation sites (tertiary alicyclic amines) is 1. The molecule has 3 aliphatic rings. The Bertz CT molecular complexity index is 1360. The van der Waals surface area contributed by atoms with Crippen molar-refractivity contribution in [2.24, 2.45) is 11.8 Å². The number of anilines is 1. The third-order valence-corrected chi connectivity index (χ3v) is 9.40. The van der Waals surface area contributed by atoms with Crippen LogP contribution < -0.4 is 4.90 Å². The molecule has 1 spiro atoms. The lowest BCUT2D eigenvalue weighted by atomic mass is 9.65. The van der Waals surface area contributed by atoms with E-state index in [-0.39, 0.29) is 38.1 Å². The molecule has 3 aliphatic heterocycles. The predicted molar refractivity (Wildman–Crippen MR) is 162 cm³/mol. The number of benzene rings is 2. The van der Waals surface area contributed by atoms with E-state index in [9.17, 15) is 19.5 Å². The molecule has 2 unspecified atom stereocenters. The van der Waals surface area contributed by atoms with Gasteiger partial charge in [0.2, 0.25) is 5.91 Å². The van der Waals surface area contributed by atoms with E-state index in [0.29, 0.717) is 44.2 Å². The molecule has 0 radical (unpaired) electrons. The van der Waals surface area contributed by atoms with Gasteiger partial charge in [-0.15, -0.1) is 13.2 Å². The number of unbranched alkanes of at least 4 members (excludes halogenated alkanes) is 2. The average molecular weight is 575 g/mol. The lowest BCUT2D eigenvalue weighted by molar-refractivity contribution is -0.161. The highest BCUT2D eigenvalue weighted by molar-refractivity contribution is 6.05. The van der Waals surface area contributed by atoms with Crippen molar-refractivity contribution in [3.05, 3.63) is 67.8 Å². The van der Waals surface area contributed by atoms with Gasteiger partial charge in [0.25, 0.3) is 5.91 Å². The van der Waals surface area contributed by atoms with Crippen LogP contribution in [-0.2, 0) is 23.9 Å². The van der Waals surface area contributed by atoms with Crippen molar-refractivity contribution in [1.82, 2.24) is 4.90 Å². The maximum Gasteiger partial charge on any atom is 0.312 e. The number of carbonyl (C=O) groups is 3. The van der Waals surface area contributed by atoms with Crippen LogP contribution in [0.3, 0.4) is 0 Å². The molecule has 2 aromatic carbocycles. The maximum absolute atomic E-state index is 14.7. The molecule has 2 aromatic rings. The van der Waals surface area contributed by atoms with Crippen LogP contribution in [0.15, 0.2) is 67.8 Å². The van der Waals surface area contributed by atoms with E-state index in [0.717, 1.165) is 17.2 Å². The molecule has 2 bridgehead atoms. The maximum atomic E-state index is 14.7. The highest BCUT2D eigenvalue weighted by atomic mass is 16.6. The summed E-state index contributed by atoms with van der Waals surface area (Å²) in [5.74, 6) is -2.51. The molecular weight excluding hydrogens is 532 g/mol. The largest absolute Gasteiger partial charge is 0.465 e. The summed E-state index contributed by atoms with van der Waals surface area (Å²) < 4.78 is 12.6. The number of fused-ring (bicyclic) bond motifs is 2. The number of rotatable bonds is 14. The summed E-state index contributed by atoms with van der Waals surface area (Å²) in [6.45, 7) is 10.4. The Morgan fingerprint density at radius 1 is 1.12 bits per heavy atom. The zero-order valence-corrected chi connectivity index (χ0v) is 24.5. The molecule has 42 heavy (non-hydrogen) atoms. The van der Waals surface area contributed by atoms with Gasteiger partial charge in [-0.3, -0.25) is 14.4 Å². The van der Waals surface area contributed by atoms with Gasteiger partial charge in [0.05, 0.1) is 18.1 Å². The van der Waals surface area contributed by atoms with Gasteiger partial charge in [-0.1, -0.05) is 49.4 Å². The van der Waals surface area contributed by atoms with Gasteiger partial charge in [-0.25, -0.2) is 0 Å². The second kappa shape index (κ2) is 12.4. The minimum atomic E-state index is -1.13. The summed E-state index contributed by atoms with van der Waals surface area (Å²) in [6, 6.07) is 12.9. The highest BCUT2D eigenvalue weighted by Gasteiger charge is 2.79. The standard InChI is InChI=1S/C34H42N2O6/c1-4-7-12-22-41-32(40)28-27-30(38)36(20-10-11-21-37)29(34(27)18-17-33(28,6-3)42-34)31(39)35(19-5-2)26-16-15-24-13-8-9-14-25(24)23-26/h4-5,8-9,13-16,23,27-29,37H,1-2,6-7,10-12,17-22H2,3H3/t27-,28+,29?,33-,34?/m0/s1. The molecule has 8 nitrogen and oxygen atoms in total. The fraction of sp³-hybridized carbons (Fsp3) is 0.500. The molecule has 3 saturated heterocycles. The molecular formula is C34H42N2O6. The van der Waals surface area contributed by atoms with Gasteiger partial charge >= 0.3 is 5.97 Å². The molecule has 0 aliphatic carbocycles. The van der Waals surface area contributed by atoms with E-state index in [1.54, 1.807) is 22.0 Å². The minimum absolute atomic E-state index is 0.00992. The molecule has 5 rings (SSSR count). The first-order chi connectivity index (χ1) is 20.4.